The molecule has 0 aromatic heterocycles. The maximum Gasteiger partial charge on any atom is 0.389 e. The molecule has 21 heavy (non-hydrogen) atoms. The van der Waals surface area contributed by atoms with Crippen molar-refractivity contribution in [3.63, 3.8) is 0 Å². The molecule has 0 aliphatic rings. The van der Waals surface area contributed by atoms with Crippen LogP contribution in [0.25, 0.3) is 0 Å². The van der Waals surface area contributed by atoms with E-state index in [0.717, 1.165) is 0 Å². The summed E-state index contributed by atoms with van der Waals surface area (Å²) >= 11 is 1.41. The van der Waals surface area contributed by atoms with Gasteiger partial charge in [0.2, 0.25) is 0 Å². The summed E-state index contributed by atoms with van der Waals surface area (Å²) in [4.78, 5) is 12.1. The van der Waals surface area contributed by atoms with E-state index < -0.39 is 18.2 Å². The summed E-state index contributed by atoms with van der Waals surface area (Å²) in [6.07, 6.45) is -3.60. The second-order valence-corrected chi connectivity index (χ2v) is 7.91. The van der Waals surface area contributed by atoms with Crippen LogP contribution in [0.15, 0.2) is 0 Å². The lowest BCUT2D eigenvalue weighted by Gasteiger charge is -2.24. The molecule has 0 saturated carbocycles. The van der Waals surface area contributed by atoms with Gasteiger partial charge in [0, 0.05) is 6.42 Å². The Kier molecular flexibility index (Phi) is 8.74. The molecule has 0 heterocycles. The van der Waals surface area contributed by atoms with E-state index in [2.05, 4.69) is 0 Å². The maximum atomic E-state index is 12.1. The van der Waals surface area contributed by atoms with Crippen LogP contribution in [-0.2, 0) is 9.53 Å². The first-order chi connectivity index (χ1) is 9.41. The molecule has 0 aromatic rings. The number of hydrogen-bond acceptors (Lipinski definition) is 3. The fourth-order valence-electron chi connectivity index (χ4n) is 1.68. The fourth-order valence-corrected chi connectivity index (χ4v) is 3.04. The quantitative estimate of drug-likeness (QED) is 0.452. The Balaban J connectivity index is 4.22. The van der Waals surface area contributed by atoms with Gasteiger partial charge in [-0.15, -0.1) is 11.8 Å². The Morgan fingerprint density at radius 1 is 1.14 bits per heavy atom. The SMILES string of the molecule is CC(C)CC(SCCCCC(F)(F)F)C(=O)OC(C)(C)C. The normalized spacial score (nSPS) is 14.3. The monoisotopic (exact) mass is 328 g/mol. The Morgan fingerprint density at radius 3 is 2.14 bits per heavy atom. The average Bonchev–Trinajstić information content (AvgIpc) is 2.22. The molecule has 0 rings (SSSR count). The van der Waals surface area contributed by atoms with Gasteiger partial charge in [-0.05, 0) is 51.7 Å². The van der Waals surface area contributed by atoms with E-state index >= 15 is 0 Å². The minimum atomic E-state index is -4.09. The molecule has 0 aliphatic carbocycles. The molecular weight excluding hydrogens is 301 g/mol. The Morgan fingerprint density at radius 2 is 1.71 bits per heavy atom. The second kappa shape index (κ2) is 8.91. The van der Waals surface area contributed by atoms with Crippen molar-refractivity contribution in [2.24, 2.45) is 5.92 Å². The number of esters is 1. The van der Waals surface area contributed by atoms with E-state index in [1.54, 1.807) is 0 Å². The largest absolute Gasteiger partial charge is 0.459 e. The van der Waals surface area contributed by atoms with Gasteiger partial charge in [-0.1, -0.05) is 13.8 Å². The zero-order valence-corrected chi connectivity index (χ0v) is 14.4. The lowest BCUT2D eigenvalue weighted by atomic mass is 10.1. The number of carbonyl (C=O) groups excluding carboxylic acids is 1. The first kappa shape index (κ1) is 20.6. The Hall–Kier alpha value is -0.390. The molecule has 6 heteroatoms. The minimum Gasteiger partial charge on any atom is -0.459 e. The fraction of sp³-hybridized carbons (Fsp3) is 0.933. The first-order valence-corrected chi connectivity index (χ1v) is 8.37. The van der Waals surface area contributed by atoms with Gasteiger partial charge >= 0.3 is 12.1 Å². The molecule has 2 nitrogen and oxygen atoms in total. The van der Waals surface area contributed by atoms with E-state index in [-0.39, 0.29) is 17.6 Å². The van der Waals surface area contributed by atoms with Crippen LogP contribution in [0.2, 0.25) is 0 Å². The lowest BCUT2D eigenvalue weighted by Crippen LogP contribution is -2.31. The molecule has 0 aromatic carbocycles. The molecule has 0 saturated heterocycles. The van der Waals surface area contributed by atoms with Crippen LogP contribution in [0, 0.1) is 5.92 Å². The van der Waals surface area contributed by atoms with Gasteiger partial charge in [-0.25, -0.2) is 0 Å². The summed E-state index contributed by atoms with van der Waals surface area (Å²) < 4.78 is 41.5. The standard InChI is InChI=1S/C15H27F3O2S/c1-11(2)10-12(13(19)20-14(3,4)5)21-9-7-6-8-15(16,17)18/h11-12H,6-10H2,1-5H3. The Labute approximate surface area is 130 Å². The second-order valence-electron chi connectivity index (χ2n) is 6.59. The number of thioether (sulfide) groups is 1. The highest BCUT2D eigenvalue weighted by Crippen LogP contribution is 2.26. The highest BCUT2D eigenvalue weighted by Gasteiger charge is 2.27. The summed E-state index contributed by atoms with van der Waals surface area (Å²) in [5, 5.41) is -0.296. The minimum absolute atomic E-state index is 0.110. The van der Waals surface area contributed by atoms with Gasteiger partial charge in [-0.2, -0.15) is 13.2 Å². The van der Waals surface area contributed by atoms with Gasteiger partial charge in [0.15, 0.2) is 0 Å². The molecule has 126 valence electrons. The predicted octanol–water partition coefficient (Wildman–Crippen LogP) is 5.21. The molecule has 0 spiro atoms. The van der Waals surface area contributed by atoms with Crippen molar-refractivity contribution in [3.05, 3.63) is 0 Å². The zero-order valence-electron chi connectivity index (χ0n) is 13.5. The summed E-state index contributed by atoms with van der Waals surface area (Å²) in [5.74, 6) is 0.620. The van der Waals surface area contributed by atoms with E-state index in [0.29, 0.717) is 24.5 Å². The number of ether oxygens (including phenoxy) is 1. The van der Waals surface area contributed by atoms with Crippen LogP contribution in [0.3, 0.4) is 0 Å². The van der Waals surface area contributed by atoms with Crippen LogP contribution < -0.4 is 0 Å². The summed E-state index contributed by atoms with van der Waals surface area (Å²) in [6, 6.07) is 0. The van der Waals surface area contributed by atoms with Crippen molar-refractivity contribution in [1.29, 1.82) is 0 Å². The number of hydrogen-bond donors (Lipinski definition) is 0. The molecule has 0 fully saturated rings. The molecule has 0 amide bonds. The van der Waals surface area contributed by atoms with Gasteiger partial charge in [0.25, 0.3) is 0 Å². The lowest BCUT2D eigenvalue weighted by molar-refractivity contribution is -0.154. The topological polar surface area (TPSA) is 26.3 Å². The maximum absolute atomic E-state index is 12.1. The number of halogens is 3. The molecular formula is C15H27F3O2S. The van der Waals surface area contributed by atoms with E-state index in [1.807, 2.05) is 34.6 Å². The smallest absolute Gasteiger partial charge is 0.389 e. The molecule has 1 unspecified atom stereocenters. The van der Waals surface area contributed by atoms with E-state index in [1.165, 1.54) is 11.8 Å². The summed E-state index contributed by atoms with van der Waals surface area (Å²) in [6.45, 7) is 9.46. The first-order valence-electron chi connectivity index (χ1n) is 7.32. The van der Waals surface area contributed by atoms with Crippen LogP contribution in [-0.4, -0.2) is 28.7 Å². The van der Waals surface area contributed by atoms with Crippen molar-refractivity contribution in [1.82, 2.24) is 0 Å². The molecule has 0 aliphatic heterocycles. The van der Waals surface area contributed by atoms with Gasteiger partial charge in [0.05, 0.1) is 0 Å². The number of alkyl halides is 3. The van der Waals surface area contributed by atoms with Crippen LogP contribution in [0.1, 0.15) is 60.3 Å². The number of unbranched alkanes of at least 4 members (excludes halogenated alkanes) is 1. The highest BCUT2D eigenvalue weighted by molar-refractivity contribution is 8.00. The molecule has 0 radical (unpaired) electrons. The van der Waals surface area contributed by atoms with Crippen molar-refractivity contribution in [2.75, 3.05) is 5.75 Å². The third-order valence-electron chi connectivity index (χ3n) is 2.53. The van der Waals surface area contributed by atoms with Crippen molar-refractivity contribution in [3.8, 4) is 0 Å². The summed E-state index contributed by atoms with van der Waals surface area (Å²) in [7, 11) is 0. The van der Waals surface area contributed by atoms with Crippen LogP contribution >= 0.6 is 11.8 Å². The number of carbonyl (C=O) groups is 1. The third-order valence-corrected chi connectivity index (χ3v) is 3.84. The van der Waals surface area contributed by atoms with Crippen molar-refractivity contribution >= 4 is 17.7 Å². The zero-order chi connectivity index (χ0) is 16.7. The van der Waals surface area contributed by atoms with Gasteiger partial charge in [-0.3, -0.25) is 4.79 Å². The highest BCUT2D eigenvalue weighted by atomic mass is 32.2. The average molecular weight is 328 g/mol. The predicted molar refractivity (Wildman–Crippen MR) is 81.5 cm³/mol. The van der Waals surface area contributed by atoms with E-state index in [9.17, 15) is 18.0 Å². The summed E-state index contributed by atoms with van der Waals surface area (Å²) in [5.41, 5.74) is -0.539. The van der Waals surface area contributed by atoms with Crippen LogP contribution in [0.4, 0.5) is 13.2 Å². The van der Waals surface area contributed by atoms with Gasteiger partial charge < -0.3 is 4.74 Å². The Bertz CT molecular complexity index is 309. The van der Waals surface area contributed by atoms with Crippen molar-refractivity contribution in [2.45, 2.75) is 77.3 Å². The van der Waals surface area contributed by atoms with Gasteiger partial charge in [0.1, 0.15) is 10.9 Å². The van der Waals surface area contributed by atoms with Crippen molar-refractivity contribution < 1.29 is 22.7 Å². The third kappa shape index (κ3) is 13.0. The molecule has 0 N–H and O–H groups in total. The van der Waals surface area contributed by atoms with E-state index in [4.69, 9.17) is 4.74 Å². The molecule has 1 atom stereocenters. The molecule has 0 bridgehead atoms. The van der Waals surface area contributed by atoms with Crippen LogP contribution in [0.5, 0.6) is 0 Å². The number of rotatable bonds is 8.